The highest BCUT2D eigenvalue weighted by molar-refractivity contribution is 7.09. The monoisotopic (exact) mass is 272 g/mol. The highest BCUT2D eigenvalue weighted by Crippen LogP contribution is 2.16. The molecule has 19 heavy (non-hydrogen) atoms. The van der Waals surface area contributed by atoms with Crippen LogP contribution in [0.3, 0.4) is 0 Å². The van der Waals surface area contributed by atoms with Gasteiger partial charge in [0, 0.05) is 23.7 Å². The van der Waals surface area contributed by atoms with E-state index in [0.717, 1.165) is 17.8 Å². The quantitative estimate of drug-likeness (QED) is 0.689. The Morgan fingerprint density at radius 3 is 3.11 bits per heavy atom. The van der Waals surface area contributed by atoms with Gasteiger partial charge in [0.25, 0.3) is 0 Å². The van der Waals surface area contributed by atoms with Crippen molar-refractivity contribution in [2.45, 2.75) is 6.42 Å². The predicted molar refractivity (Wildman–Crippen MR) is 73.7 cm³/mol. The van der Waals surface area contributed by atoms with Crippen LogP contribution in [0.2, 0.25) is 0 Å². The van der Waals surface area contributed by atoms with Gasteiger partial charge in [0.2, 0.25) is 0 Å². The molecule has 0 spiro atoms. The maximum atomic E-state index is 11.5. The van der Waals surface area contributed by atoms with Crippen molar-refractivity contribution in [1.29, 1.82) is 0 Å². The zero-order chi connectivity index (χ0) is 13.2. The van der Waals surface area contributed by atoms with E-state index in [9.17, 15) is 4.79 Å². The summed E-state index contributed by atoms with van der Waals surface area (Å²) in [4.78, 5) is 17.3. The lowest BCUT2D eigenvalue weighted by Gasteiger charge is -1.98. The summed E-state index contributed by atoms with van der Waals surface area (Å²) in [5, 5.41) is 2.06. The van der Waals surface area contributed by atoms with Gasteiger partial charge in [-0.2, -0.15) is 0 Å². The van der Waals surface area contributed by atoms with E-state index in [1.54, 1.807) is 23.5 Å². The Morgan fingerprint density at radius 2 is 2.37 bits per heavy atom. The Hall–Kier alpha value is -2.14. The van der Waals surface area contributed by atoms with Crippen LogP contribution in [0.15, 0.2) is 42.0 Å². The number of aromatic nitrogens is 2. The molecule has 0 aromatic carbocycles. The molecule has 0 bridgehead atoms. The number of rotatable bonds is 3. The molecular weight excluding hydrogens is 260 g/mol. The van der Waals surface area contributed by atoms with E-state index in [1.807, 2.05) is 22.9 Å². The average molecular weight is 272 g/mol. The maximum Gasteiger partial charge on any atom is 0.338 e. The van der Waals surface area contributed by atoms with Crippen molar-refractivity contribution in [1.82, 2.24) is 9.38 Å². The van der Waals surface area contributed by atoms with Gasteiger partial charge in [-0.1, -0.05) is 6.07 Å². The van der Waals surface area contributed by atoms with Crippen molar-refractivity contribution < 1.29 is 9.53 Å². The Kier molecular flexibility index (Phi) is 3.05. The molecule has 3 rings (SSSR count). The first-order valence-electron chi connectivity index (χ1n) is 5.84. The van der Waals surface area contributed by atoms with Crippen molar-refractivity contribution in [3.8, 4) is 0 Å². The van der Waals surface area contributed by atoms with E-state index in [-0.39, 0.29) is 5.97 Å². The topological polar surface area (TPSA) is 43.6 Å². The number of imidazole rings is 1. The van der Waals surface area contributed by atoms with E-state index < -0.39 is 0 Å². The summed E-state index contributed by atoms with van der Waals surface area (Å²) in [7, 11) is 1.38. The zero-order valence-electron chi connectivity index (χ0n) is 10.4. The number of hydrogen-bond donors (Lipinski definition) is 0. The number of carbonyl (C=O) groups is 1. The first-order valence-corrected chi connectivity index (χ1v) is 6.72. The van der Waals surface area contributed by atoms with Crippen molar-refractivity contribution in [3.63, 3.8) is 0 Å². The molecule has 0 aliphatic heterocycles. The molecule has 0 fully saturated rings. The van der Waals surface area contributed by atoms with Crippen molar-refractivity contribution in [2.75, 3.05) is 7.11 Å². The van der Waals surface area contributed by atoms with Crippen molar-refractivity contribution in [2.24, 2.45) is 0 Å². The van der Waals surface area contributed by atoms with Gasteiger partial charge in [-0.05, 0) is 23.6 Å². The second-order valence-electron chi connectivity index (χ2n) is 4.16. The molecule has 3 aromatic heterocycles. The minimum absolute atomic E-state index is 0.342. The Bertz CT molecular complexity index is 716. The molecule has 3 aromatic rings. The van der Waals surface area contributed by atoms with E-state index >= 15 is 0 Å². The normalized spacial score (nSPS) is 10.8. The molecule has 0 N–H and O–H groups in total. The highest BCUT2D eigenvalue weighted by Gasteiger charge is 2.08. The summed E-state index contributed by atoms with van der Waals surface area (Å²) in [5.41, 5.74) is 2.27. The van der Waals surface area contributed by atoms with Gasteiger partial charge in [0.1, 0.15) is 5.65 Å². The maximum absolute atomic E-state index is 11.5. The molecule has 0 radical (unpaired) electrons. The molecule has 0 aliphatic rings. The third-order valence-electron chi connectivity index (χ3n) is 2.87. The summed E-state index contributed by atoms with van der Waals surface area (Å²) in [6.07, 6.45) is 4.62. The first kappa shape index (κ1) is 11.9. The van der Waals surface area contributed by atoms with E-state index in [2.05, 4.69) is 16.4 Å². The van der Waals surface area contributed by atoms with Crippen molar-refractivity contribution >= 4 is 23.0 Å². The first-order chi connectivity index (χ1) is 9.26. The fraction of sp³-hybridized carbons (Fsp3) is 0.143. The van der Waals surface area contributed by atoms with Crippen LogP contribution in [0, 0.1) is 0 Å². The fourth-order valence-corrected chi connectivity index (χ4v) is 2.68. The number of nitrogens with zero attached hydrogens (tertiary/aromatic N) is 2. The van der Waals surface area contributed by atoms with Gasteiger partial charge in [0.15, 0.2) is 0 Å². The molecule has 96 valence electrons. The van der Waals surface area contributed by atoms with Crippen LogP contribution in [0.4, 0.5) is 0 Å². The Morgan fingerprint density at radius 1 is 1.47 bits per heavy atom. The third kappa shape index (κ3) is 2.37. The number of pyridine rings is 1. The molecule has 0 amide bonds. The van der Waals surface area contributed by atoms with Gasteiger partial charge in [0.05, 0.1) is 18.4 Å². The summed E-state index contributed by atoms with van der Waals surface area (Å²) in [6, 6.07) is 7.60. The van der Waals surface area contributed by atoms with Gasteiger partial charge in [-0.25, -0.2) is 9.78 Å². The molecule has 0 saturated heterocycles. The number of thiophene rings is 1. The van der Waals surface area contributed by atoms with Gasteiger partial charge >= 0.3 is 5.97 Å². The van der Waals surface area contributed by atoms with Gasteiger partial charge in [-0.15, -0.1) is 11.3 Å². The van der Waals surface area contributed by atoms with Gasteiger partial charge < -0.3 is 9.14 Å². The smallest absolute Gasteiger partial charge is 0.338 e. The predicted octanol–water partition coefficient (Wildman–Crippen LogP) is 2.77. The Balaban J connectivity index is 1.94. The fourth-order valence-electron chi connectivity index (χ4n) is 1.96. The second kappa shape index (κ2) is 4.85. The number of ether oxygens (including phenoxy) is 1. The van der Waals surface area contributed by atoms with E-state index in [0.29, 0.717) is 5.56 Å². The number of esters is 1. The molecule has 0 atom stereocenters. The third-order valence-corrected chi connectivity index (χ3v) is 3.74. The number of hydrogen-bond acceptors (Lipinski definition) is 4. The highest BCUT2D eigenvalue weighted by atomic mass is 32.1. The molecule has 0 unspecified atom stereocenters. The lowest BCUT2D eigenvalue weighted by atomic mass is 10.3. The number of fused-ring (bicyclic) bond motifs is 1. The SMILES string of the molecule is COC(=O)c1ccn2cc(Cc3cccs3)nc2c1. The van der Waals surface area contributed by atoms with Crippen LogP contribution in [-0.4, -0.2) is 22.5 Å². The van der Waals surface area contributed by atoms with Crippen LogP contribution in [-0.2, 0) is 11.2 Å². The minimum atomic E-state index is -0.342. The number of carbonyl (C=O) groups excluding carboxylic acids is 1. The van der Waals surface area contributed by atoms with Crippen LogP contribution >= 0.6 is 11.3 Å². The van der Waals surface area contributed by atoms with Crippen LogP contribution in [0.25, 0.3) is 5.65 Å². The molecule has 0 saturated carbocycles. The summed E-state index contributed by atoms with van der Waals surface area (Å²) >= 11 is 1.72. The van der Waals surface area contributed by atoms with E-state index in [1.165, 1.54) is 12.0 Å². The average Bonchev–Trinajstić information content (AvgIpc) is 3.05. The molecule has 5 heteroatoms. The van der Waals surface area contributed by atoms with Crippen molar-refractivity contribution in [3.05, 3.63) is 58.2 Å². The molecule has 0 aliphatic carbocycles. The molecule has 4 nitrogen and oxygen atoms in total. The second-order valence-corrected chi connectivity index (χ2v) is 5.19. The molecular formula is C14H12N2O2S. The van der Waals surface area contributed by atoms with E-state index in [4.69, 9.17) is 4.74 Å². The Labute approximate surface area is 114 Å². The van der Waals surface area contributed by atoms with Crippen LogP contribution in [0.5, 0.6) is 0 Å². The lowest BCUT2D eigenvalue weighted by Crippen LogP contribution is -2.01. The minimum Gasteiger partial charge on any atom is -0.465 e. The molecule has 3 heterocycles. The van der Waals surface area contributed by atoms with Crippen LogP contribution < -0.4 is 0 Å². The summed E-state index contributed by atoms with van der Waals surface area (Å²) in [5.74, 6) is -0.342. The zero-order valence-corrected chi connectivity index (χ0v) is 11.2. The summed E-state index contributed by atoms with van der Waals surface area (Å²) < 4.78 is 6.61. The lowest BCUT2D eigenvalue weighted by molar-refractivity contribution is 0.0600. The van der Waals surface area contributed by atoms with Crippen LogP contribution in [0.1, 0.15) is 20.9 Å². The standard InChI is InChI=1S/C14H12N2O2S/c1-18-14(17)10-4-5-16-9-11(15-13(16)7-10)8-12-3-2-6-19-12/h2-7,9H,8H2,1H3. The number of methoxy groups -OCH3 is 1. The largest absolute Gasteiger partial charge is 0.465 e. The van der Waals surface area contributed by atoms with Gasteiger partial charge in [-0.3, -0.25) is 0 Å². The summed E-state index contributed by atoms with van der Waals surface area (Å²) in [6.45, 7) is 0.